The van der Waals surface area contributed by atoms with E-state index in [9.17, 15) is 4.79 Å². The fourth-order valence-electron chi connectivity index (χ4n) is 3.71. The van der Waals surface area contributed by atoms with Crippen molar-refractivity contribution >= 4 is 5.91 Å². The molecule has 0 radical (unpaired) electrons. The van der Waals surface area contributed by atoms with Gasteiger partial charge in [0.1, 0.15) is 5.75 Å². The first-order valence-corrected chi connectivity index (χ1v) is 11.1. The average molecular weight is 376 g/mol. The topological polar surface area (TPSA) is 52.3 Å². The van der Waals surface area contributed by atoms with Crippen LogP contribution in [0.5, 0.6) is 5.75 Å². The highest BCUT2D eigenvalue weighted by Gasteiger charge is 2.17. The second-order valence-electron chi connectivity index (χ2n) is 7.79. The van der Waals surface area contributed by atoms with Crippen LogP contribution in [0.3, 0.4) is 0 Å². The Labute approximate surface area is 167 Å². The van der Waals surface area contributed by atoms with Crippen LogP contribution in [0.15, 0.2) is 24.3 Å². The summed E-state index contributed by atoms with van der Waals surface area (Å²) in [5, 5.41) is 0. The van der Waals surface area contributed by atoms with Crippen LogP contribution in [0.25, 0.3) is 0 Å². The minimum Gasteiger partial charge on any atom is -0.496 e. The number of benzene rings is 1. The zero-order chi connectivity index (χ0) is 19.7. The van der Waals surface area contributed by atoms with Gasteiger partial charge in [-0.15, -0.1) is 0 Å². The van der Waals surface area contributed by atoms with Crippen LogP contribution in [-0.4, -0.2) is 13.0 Å². The summed E-state index contributed by atoms with van der Waals surface area (Å²) in [6.45, 7) is 2.27. The highest BCUT2D eigenvalue weighted by Crippen LogP contribution is 2.24. The number of carbonyl (C=O) groups is 1. The van der Waals surface area contributed by atoms with Crippen molar-refractivity contribution in [2.24, 2.45) is 11.7 Å². The van der Waals surface area contributed by atoms with E-state index < -0.39 is 0 Å². The third-order valence-corrected chi connectivity index (χ3v) is 5.47. The monoisotopic (exact) mass is 375 g/mol. The van der Waals surface area contributed by atoms with Crippen molar-refractivity contribution in [2.75, 3.05) is 7.11 Å². The molecule has 1 aromatic rings. The van der Waals surface area contributed by atoms with Crippen molar-refractivity contribution in [3.05, 3.63) is 29.8 Å². The van der Waals surface area contributed by atoms with E-state index in [0.717, 1.165) is 24.2 Å². The largest absolute Gasteiger partial charge is 0.496 e. The molecule has 0 aliphatic carbocycles. The van der Waals surface area contributed by atoms with Gasteiger partial charge in [0.25, 0.3) is 0 Å². The summed E-state index contributed by atoms with van der Waals surface area (Å²) < 4.78 is 5.39. The molecular formula is C24H41NO2. The molecule has 1 atom stereocenters. The van der Waals surface area contributed by atoms with E-state index in [0.29, 0.717) is 6.42 Å². The molecular weight excluding hydrogens is 334 g/mol. The van der Waals surface area contributed by atoms with Gasteiger partial charge in [-0.25, -0.2) is 0 Å². The lowest BCUT2D eigenvalue weighted by Gasteiger charge is -2.15. The number of amides is 1. The quantitative estimate of drug-likeness (QED) is 0.319. The number of unbranched alkanes of at least 4 members (excludes halogenated alkanes) is 11. The molecule has 1 amide bonds. The Hall–Kier alpha value is -1.51. The Balaban J connectivity index is 2.11. The Bertz CT molecular complexity index is 501. The maximum Gasteiger partial charge on any atom is 0.220 e. The fourth-order valence-corrected chi connectivity index (χ4v) is 3.71. The summed E-state index contributed by atoms with van der Waals surface area (Å²) in [7, 11) is 1.67. The normalized spacial score (nSPS) is 12.1. The molecule has 27 heavy (non-hydrogen) atoms. The molecule has 0 heterocycles. The predicted molar refractivity (Wildman–Crippen MR) is 115 cm³/mol. The highest BCUT2D eigenvalue weighted by molar-refractivity contribution is 5.77. The summed E-state index contributed by atoms with van der Waals surface area (Å²) in [6.07, 6.45) is 17.5. The summed E-state index contributed by atoms with van der Waals surface area (Å²) >= 11 is 0. The lowest BCUT2D eigenvalue weighted by Crippen LogP contribution is -2.25. The Morgan fingerprint density at radius 2 is 1.41 bits per heavy atom. The van der Waals surface area contributed by atoms with Crippen LogP contribution in [0.2, 0.25) is 0 Å². The van der Waals surface area contributed by atoms with E-state index in [4.69, 9.17) is 10.5 Å². The van der Waals surface area contributed by atoms with Crippen LogP contribution in [0, 0.1) is 5.92 Å². The van der Waals surface area contributed by atoms with Crippen molar-refractivity contribution in [2.45, 2.75) is 96.8 Å². The minimum absolute atomic E-state index is 0.0931. The van der Waals surface area contributed by atoms with E-state index in [2.05, 4.69) is 6.92 Å². The van der Waals surface area contributed by atoms with Gasteiger partial charge in [0.05, 0.1) is 7.11 Å². The first-order chi connectivity index (χ1) is 13.2. The molecule has 1 rings (SSSR count). The first kappa shape index (κ1) is 23.5. The van der Waals surface area contributed by atoms with Crippen LogP contribution in [0.4, 0.5) is 0 Å². The number of rotatable bonds is 17. The van der Waals surface area contributed by atoms with Crippen molar-refractivity contribution in [1.82, 2.24) is 0 Å². The summed E-state index contributed by atoms with van der Waals surface area (Å²) in [5.74, 6) is 0.562. The number of primary amides is 1. The zero-order valence-electron chi connectivity index (χ0n) is 17.7. The number of carbonyl (C=O) groups excluding carboxylic acids is 1. The van der Waals surface area contributed by atoms with Crippen LogP contribution in [0.1, 0.15) is 96.0 Å². The molecule has 3 heteroatoms. The summed E-state index contributed by atoms with van der Waals surface area (Å²) in [4.78, 5) is 11.8. The highest BCUT2D eigenvalue weighted by atomic mass is 16.5. The number of nitrogens with two attached hydrogens (primary N) is 1. The summed E-state index contributed by atoms with van der Waals surface area (Å²) in [5.41, 5.74) is 6.71. The number of hydrogen-bond donors (Lipinski definition) is 1. The molecule has 0 aliphatic heterocycles. The maximum atomic E-state index is 11.8. The van der Waals surface area contributed by atoms with Crippen LogP contribution >= 0.6 is 0 Å². The molecule has 154 valence electrons. The van der Waals surface area contributed by atoms with Gasteiger partial charge >= 0.3 is 0 Å². The molecule has 0 bridgehead atoms. The lowest BCUT2D eigenvalue weighted by atomic mass is 9.92. The van der Waals surface area contributed by atoms with Crippen LogP contribution < -0.4 is 10.5 Å². The third kappa shape index (κ3) is 11.0. The molecule has 0 saturated heterocycles. The van der Waals surface area contributed by atoms with Gasteiger partial charge in [-0.3, -0.25) is 4.79 Å². The molecule has 0 saturated carbocycles. The van der Waals surface area contributed by atoms with Crippen molar-refractivity contribution in [3.63, 3.8) is 0 Å². The number of hydrogen-bond acceptors (Lipinski definition) is 2. The van der Waals surface area contributed by atoms with Gasteiger partial charge < -0.3 is 10.5 Å². The smallest absolute Gasteiger partial charge is 0.220 e. The third-order valence-electron chi connectivity index (χ3n) is 5.47. The van der Waals surface area contributed by atoms with E-state index >= 15 is 0 Å². The van der Waals surface area contributed by atoms with E-state index in [1.54, 1.807) is 7.11 Å². The Kier molecular flexibility index (Phi) is 13.5. The lowest BCUT2D eigenvalue weighted by molar-refractivity contribution is -0.122. The summed E-state index contributed by atoms with van der Waals surface area (Å²) in [6, 6.07) is 7.90. The molecule has 0 aromatic heterocycles. The van der Waals surface area contributed by atoms with Gasteiger partial charge in [-0.1, -0.05) is 102 Å². The molecule has 0 aliphatic rings. The fraction of sp³-hybridized carbons (Fsp3) is 0.708. The zero-order valence-corrected chi connectivity index (χ0v) is 17.7. The number of ether oxygens (including phenoxy) is 1. The van der Waals surface area contributed by atoms with Gasteiger partial charge in [0, 0.05) is 5.92 Å². The molecule has 0 fully saturated rings. The van der Waals surface area contributed by atoms with Crippen molar-refractivity contribution in [3.8, 4) is 5.75 Å². The van der Waals surface area contributed by atoms with E-state index in [1.165, 1.54) is 70.6 Å². The predicted octanol–water partition coefficient (Wildman–Crippen LogP) is 6.43. The first-order valence-electron chi connectivity index (χ1n) is 11.1. The molecule has 0 spiro atoms. The second kappa shape index (κ2) is 15.5. The van der Waals surface area contributed by atoms with Crippen molar-refractivity contribution < 1.29 is 9.53 Å². The number of para-hydroxylation sites is 1. The van der Waals surface area contributed by atoms with Gasteiger partial charge in [-0.2, -0.15) is 0 Å². The van der Waals surface area contributed by atoms with Crippen LogP contribution in [-0.2, 0) is 11.2 Å². The molecule has 3 nitrogen and oxygen atoms in total. The van der Waals surface area contributed by atoms with Crippen molar-refractivity contribution in [1.29, 1.82) is 0 Å². The minimum atomic E-state index is -0.191. The Morgan fingerprint density at radius 1 is 0.889 bits per heavy atom. The molecule has 1 unspecified atom stereocenters. The molecule has 2 N–H and O–H groups in total. The van der Waals surface area contributed by atoms with Gasteiger partial charge in [0.15, 0.2) is 0 Å². The Morgan fingerprint density at radius 3 is 1.93 bits per heavy atom. The van der Waals surface area contributed by atoms with Gasteiger partial charge in [0.2, 0.25) is 5.91 Å². The van der Waals surface area contributed by atoms with E-state index in [1.807, 2.05) is 24.3 Å². The standard InChI is InChI=1S/C24H41NO2/c1-3-4-5-6-7-8-9-10-11-12-13-14-18-22(24(25)26)20-21-17-15-16-19-23(21)27-2/h15-17,19,22H,3-14,18,20H2,1-2H3,(H2,25,26). The SMILES string of the molecule is CCCCCCCCCCCCCCC(Cc1ccccc1OC)C(N)=O. The van der Waals surface area contributed by atoms with Gasteiger partial charge in [-0.05, 0) is 24.5 Å². The molecule has 1 aromatic carbocycles. The maximum absolute atomic E-state index is 11.8. The number of methoxy groups -OCH3 is 1. The van der Waals surface area contributed by atoms with E-state index in [-0.39, 0.29) is 11.8 Å². The second-order valence-corrected chi connectivity index (χ2v) is 7.79. The average Bonchev–Trinajstić information content (AvgIpc) is 2.68.